The molecule has 13 heavy (non-hydrogen) atoms. The fraction of sp³-hybridized carbons (Fsp3) is 0.846. The van der Waals surface area contributed by atoms with E-state index in [4.69, 9.17) is 0 Å². The minimum absolute atomic E-state index is 0.620. The third-order valence-electron chi connectivity index (χ3n) is 4.13. The normalized spacial score (nSPS) is 38.9. The van der Waals surface area contributed by atoms with Gasteiger partial charge in [0.1, 0.15) is 0 Å². The van der Waals surface area contributed by atoms with Gasteiger partial charge in [0.25, 0.3) is 0 Å². The molecular weight excluding hydrogens is 156 g/mol. The second-order valence-electron chi connectivity index (χ2n) is 5.63. The number of rotatable bonds is 3. The van der Waals surface area contributed by atoms with Crippen molar-refractivity contribution in [3.8, 4) is 0 Å². The summed E-state index contributed by atoms with van der Waals surface area (Å²) in [7, 11) is 0. The van der Waals surface area contributed by atoms with Gasteiger partial charge in [-0.15, -0.1) is 0 Å². The Kier molecular flexibility index (Phi) is 2.25. The summed E-state index contributed by atoms with van der Waals surface area (Å²) in [5.41, 5.74) is 0.620. The minimum atomic E-state index is 0.620. The van der Waals surface area contributed by atoms with E-state index in [1.54, 1.807) is 0 Å². The van der Waals surface area contributed by atoms with Crippen LogP contribution in [0.4, 0.5) is 0 Å². The fourth-order valence-corrected chi connectivity index (χ4v) is 3.34. The van der Waals surface area contributed by atoms with Crippen molar-refractivity contribution in [2.75, 3.05) is 0 Å². The zero-order chi connectivity index (χ0) is 9.47. The first kappa shape index (κ1) is 9.30. The van der Waals surface area contributed by atoms with Gasteiger partial charge in [0.15, 0.2) is 0 Å². The van der Waals surface area contributed by atoms with Gasteiger partial charge in [0.2, 0.25) is 0 Å². The Morgan fingerprint density at radius 1 is 1.38 bits per heavy atom. The molecule has 0 amide bonds. The second-order valence-corrected chi connectivity index (χ2v) is 5.63. The Hall–Kier alpha value is -0.260. The lowest BCUT2D eigenvalue weighted by atomic mass is 9.73. The molecule has 1 fully saturated rings. The van der Waals surface area contributed by atoms with Gasteiger partial charge in [0, 0.05) is 0 Å². The van der Waals surface area contributed by atoms with Crippen molar-refractivity contribution < 1.29 is 0 Å². The summed E-state index contributed by atoms with van der Waals surface area (Å²) in [5.74, 6) is 2.70. The summed E-state index contributed by atoms with van der Waals surface area (Å²) < 4.78 is 0. The molecule has 3 unspecified atom stereocenters. The van der Waals surface area contributed by atoms with Crippen molar-refractivity contribution in [3.63, 3.8) is 0 Å². The molecule has 3 atom stereocenters. The molecule has 2 rings (SSSR count). The summed E-state index contributed by atoms with van der Waals surface area (Å²) in [5, 5.41) is 0. The smallest absolute Gasteiger partial charge is 0.00866 e. The third-order valence-corrected chi connectivity index (χ3v) is 4.13. The third kappa shape index (κ3) is 1.56. The van der Waals surface area contributed by atoms with E-state index in [1.807, 2.05) is 0 Å². The van der Waals surface area contributed by atoms with E-state index >= 15 is 0 Å². The quantitative estimate of drug-likeness (QED) is 0.572. The highest BCUT2D eigenvalue weighted by molar-refractivity contribution is 5.17. The van der Waals surface area contributed by atoms with Gasteiger partial charge in [-0.2, -0.15) is 0 Å². The molecule has 0 aromatic heterocycles. The Bertz CT molecular complexity index is 214. The van der Waals surface area contributed by atoms with Crippen molar-refractivity contribution in [2.45, 2.75) is 46.5 Å². The van der Waals surface area contributed by atoms with Crippen molar-refractivity contribution >= 4 is 0 Å². The number of allylic oxidation sites excluding steroid dienone is 2. The van der Waals surface area contributed by atoms with Crippen LogP contribution in [0.5, 0.6) is 0 Å². The molecule has 0 saturated heterocycles. The molecule has 0 heteroatoms. The first-order valence-corrected chi connectivity index (χ1v) is 5.82. The lowest BCUT2D eigenvalue weighted by Crippen LogP contribution is -2.23. The number of hydrogen-bond donors (Lipinski definition) is 0. The summed E-state index contributed by atoms with van der Waals surface area (Å²) in [4.78, 5) is 0. The summed E-state index contributed by atoms with van der Waals surface area (Å²) in [6.07, 6.45) is 10.8. The van der Waals surface area contributed by atoms with Crippen LogP contribution in [0, 0.1) is 23.2 Å². The van der Waals surface area contributed by atoms with Crippen molar-refractivity contribution in [3.05, 3.63) is 12.2 Å². The van der Waals surface area contributed by atoms with Crippen LogP contribution >= 0.6 is 0 Å². The first-order chi connectivity index (χ1) is 6.12. The highest BCUT2D eigenvalue weighted by Gasteiger charge is 2.44. The Balaban J connectivity index is 2.03. The molecule has 0 aliphatic heterocycles. The van der Waals surface area contributed by atoms with Gasteiger partial charge >= 0.3 is 0 Å². The van der Waals surface area contributed by atoms with Gasteiger partial charge in [-0.05, 0) is 48.9 Å². The fourth-order valence-electron chi connectivity index (χ4n) is 3.34. The van der Waals surface area contributed by atoms with Crippen molar-refractivity contribution in [1.29, 1.82) is 0 Å². The molecule has 0 nitrogen and oxygen atoms in total. The van der Waals surface area contributed by atoms with Crippen molar-refractivity contribution in [2.24, 2.45) is 23.2 Å². The first-order valence-electron chi connectivity index (χ1n) is 5.82. The second kappa shape index (κ2) is 3.15. The van der Waals surface area contributed by atoms with Crippen LogP contribution in [0.3, 0.4) is 0 Å². The topological polar surface area (TPSA) is 0 Å². The molecule has 0 radical (unpaired) electrons. The molecule has 2 aliphatic rings. The van der Waals surface area contributed by atoms with Gasteiger partial charge in [0.05, 0.1) is 0 Å². The predicted molar refractivity (Wildman–Crippen MR) is 57.5 cm³/mol. The standard InChI is InChI=1S/C13H22/c1-10(2)8-11(3)13-6-4-12(9-13)5-7-13/h4,6,10-12H,5,7-9H2,1-3H3. The molecule has 0 aromatic rings. The molecule has 74 valence electrons. The Labute approximate surface area is 82.4 Å². The van der Waals surface area contributed by atoms with E-state index in [0.29, 0.717) is 5.41 Å². The van der Waals surface area contributed by atoms with E-state index in [-0.39, 0.29) is 0 Å². The molecule has 0 aromatic carbocycles. The average molecular weight is 178 g/mol. The zero-order valence-corrected chi connectivity index (χ0v) is 9.22. The highest BCUT2D eigenvalue weighted by Crippen LogP contribution is 2.54. The number of hydrogen-bond acceptors (Lipinski definition) is 0. The molecule has 0 N–H and O–H groups in total. The van der Waals surface area contributed by atoms with Crippen LogP contribution in [0.1, 0.15) is 46.5 Å². The molecule has 0 spiro atoms. The van der Waals surface area contributed by atoms with E-state index < -0.39 is 0 Å². The van der Waals surface area contributed by atoms with Gasteiger partial charge < -0.3 is 0 Å². The minimum Gasteiger partial charge on any atom is -0.0848 e. The monoisotopic (exact) mass is 178 g/mol. The van der Waals surface area contributed by atoms with E-state index in [0.717, 1.165) is 17.8 Å². The molecular formula is C13H22. The molecule has 2 bridgehead atoms. The van der Waals surface area contributed by atoms with E-state index in [9.17, 15) is 0 Å². The van der Waals surface area contributed by atoms with Gasteiger partial charge in [-0.25, -0.2) is 0 Å². The lowest BCUT2D eigenvalue weighted by molar-refractivity contribution is 0.223. The molecule has 2 aliphatic carbocycles. The van der Waals surface area contributed by atoms with Crippen LogP contribution in [0.15, 0.2) is 12.2 Å². The Morgan fingerprint density at radius 3 is 2.54 bits per heavy atom. The maximum Gasteiger partial charge on any atom is -0.00866 e. The number of fused-ring (bicyclic) bond motifs is 2. The lowest BCUT2D eigenvalue weighted by Gasteiger charge is -2.32. The SMILES string of the molecule is CC(C)CC(C)C12C=CC(CC1)C2. The van der Waals surface area contributed by atoms with Gasteiger partial charge in [-0.1, -0.05) is 32.9 Å². The summed E-state index contributed by atoms with van der Waals surface area (Å²) in [6.45, 7) is 7.15. The van der Waals surface area contributed by atoms with E-state index in [2.05, 4.69) is 32.9 Å². The maximum absolute atomic E-state index is 2.54. The van der Waals surface area contributed by atoms with Crippen LogP contribution in [-0.2, 0) is 0 Å². The van der Waals surface area contributed by atoms with Crippen molar-refractivity contribution in [1.82, 2.24) is 0 Å². The van der Waals surface area contributed by atoms with Gasteiger partial charge in [-0.3, -0.25) is 0 Å². The molecule has 1 saturated carbocycles. The summed E-state index contributed by atoms with van der Waals surface area (Å²) in [6, 6.07) is 0. The zero-order valence-electron chi connectivity index (χ0n) is 9.22. The molecule has 0 heterocycles. The summed E-state index contributed by atoms with van der Waals surface area (Å²) >= 11 is 0. The Morgan fingerprint density at radius 2 is 2.15 bits per heavy atom. The van der Waals surface area contributed by atoms with Crippen LogP contribution < -0.4 is 0 Å². The highest BCUT2D eigenvalue weighted by atomic mass is 14.5. The maximum atomic E-state index is 2.54. The average Bonchev–Trinajstić information content (AvgIpc) is 2.62. The van der Waals surface area contributed by atoms with E-state index in [1.165, 1.54) is 25.7 Å². The predicted octanol–water partition coefficient (Wildman–Crippen LogP) is 4.02. The van der Waals surface area contributed by atoms with Crippen LogP contribution in [-0.4, -0.2) is 0 Å². The van der Waals surface area contributed by atoms with Crippen LogP contribution in [0.25, 0.3) is 0 Å². The largest absolute Gasteiger partial charge is 0.0848 e. The van der Waals surface area contributed by atoms with Crippen LogP contribution in [0.2, 0.25) is 0 Å².